The van der Waals surface area contributed by atoms with Crippen molar-refractivity contribution >= 4 is 11.8 Å². The van der Waals surface area contributed by atoms with Crippen LogP contribution in [0.15, 0.2) is 48.5 Å². The Labute approximate surface area is 184 Å². The molecule has 3 N–H and O–H groups in total. The Kier molecular flexibility index (Phi) is 10.3. The first-order valence-electron chi connectivity index (χ1n) is 9.70. The van der Waals surface area contributed by atoms with Crippen molar-refractivity contribution in [3.63, 3.8) is 0 Å². The highest BCUT2D eigenvalue weighted by Gasteiger charge is 2.30. The molecule has 0 bridgehead atoms. The van der Waals surface area contributed by atoms with Crippen molar-refractivity contribution in [2.75, 3.05) is 33.7 Å². The summed E-state index contributed by atoms with van der Waals surface area (Å²) in [6.45, 7) is -0.281. The molecular weight excluding hydrogens is 424 g/mol. The van der Waals surface area contributed by atoms with Gasteiger partial charge in [-0.3, -0.25) is 10.1 Å². The summed E-state index contributed by atoms with van der Waals surface area (Å²) < 4.78 is 20.6. The van der Waals surface area contributed by atoms with Crippen LogP contribution in [0.4, 0.5) is 10.5 Å². The van der Waals surface area contributed by atoms with Gasteiger partial charge in [0.25, 0.3) is 5.69 Å². The van der Waals surface area contributed by atoms with Crippen molar-refractivity contribution in [2.24, 2.45) is 0 Å². The van der Waals surface area contributed by atoms with E-state index in [0.29, 0.717) is 6.61 Å². The lowest BCUT2D eigenvalue weighted by Crippen LogP contribution is -2.38. The van der Waals surface area contributed by atoms with Crippen LogP contribution in [0.3, 0.4) is 0 Å². The summed E-state index contributed by atoms with van der Waals surface area (Å²) in [5.74, 6) is 0.206. The molecule has 0 heterocycles. The molecule has 0 aromatic heterocycles. The van der Waals surface area contributed by atoms with Crippen molar-refractivity contribution in [1.29, 1.82) is 0 Å². The fraction of sp³-hybridized carbons (Fsp3) is 0.381. The van der Waals surface area contributed by atoms with Gasteiger partial charge in [0.05, 0.1) is 36.3 Å². The predicted molar refractivity (Wildman–Crippen MR) is 112 cm³/mol. The number of hydrogen-bond donors (Lipinski definition) is 3. The molecule has 11 nitrogen and oxygen atoms in total. The number of alkyl carbamates (subject to hydrolysis) is 1. The van der Waals surface area contributed by atoms with E-state index in [1.165, 1.54) is 25.3 Å². The van der Waals surface area contributed by atoms with E-state index in [-0.39, 0.29) is 37.0 Å². The van der Waals surface area contributed by atoms with E-state index in [1.807, 2.05) is 6.07 Å². The Hall–Kier alpha value is -3.25. The monoisotopic (exact) mass is 450 g/mol. The second-order valence-electron chi connectivity index (χ2n) is 6.57. The highest BCUT2D eigenvalue weighted by Crippen LogP contribution is 2.31. The maximum Gasteiger partial charge on any atom is 0.408 e. The molecule has 0 saturated carbocycles. The van der Waals surface area contributed by atoms with Crippen molar-refractivity contribution < 1.29 is 38.9 Å². The molecule has 0 unspecified atom stereocenters. The van der Waals surface area contributed by atoms with Crippen LogP contribution in [0.1, 0.15) is 17.2 Å². The predicted octanol–water partition coefficient (Wildman–Crippen LogP) is 1.91. The minimum absolute atomic E-state index is 0.0430. The Morgan fingerprint density at radius 1 is 1.19 bits per heavy atom. The molecule has 2 rings (SSSR count). The number of nitro benzene ring substituents is 1. The van der Waals surface area contributed by atoms with Crippen LogP contribution in [0.2, 0.25) is 0 Å². The van der Waals surface area contributed by atoms with Gasteiger partial charge in [0.1, 0.15) is 18.5 Å². The van der Waals surface area contributed by atoms with Crippen LogP contribution in [0.5, 0.6) is 5.75 Å². The van der Waals surface area contributed by atoms with E-state index in [2.05, 4.69) is 5.32 Å². The van der Waals surface area contributed by atoms with E-state index in [4.69, 9.17) is 18.9 Å². The van der Waals surface area contributed by atoms with Gasteiger partial charge in [-0.05, 0) is 17.7 Å². The van der Waals surface area contributed by atoms with E-state index in [0.717, 1.165) is 5.56 Å². The van der Waals surface area contributed by atoms with Gasteiger partial charge in [-0.15, -0.1) is 0 Å². The molecule has 0 aliphatic heterocycles. The summed E-state index contributed by atoms with van der Waals surface area (Å²) in [5.41, 5.74) is 0.290. The number of hydrogen-bond acceptors (Lipinski definition) is 9. The first-order valence-corrected chi connectivity index (χ1v) is 9.70. The molecule has 1 amide bonds. The molecule has 32 heavy (non-hydrogen) atoms. The van der Waals surface area contributed by atoms with Gasteiger partial charge in [0.15, 0.2) is 6.79 Å². The number of carbonyl (C=O) groups is 1. The zero-order valence-corrected chi connectivity index (χ0v) is 17.5. The normalized spacial score (nSPS) is 12.6. The Bertz CT molecular complexity index is 864. The lowest BCUT2D eigenvalue weighted by Gasteiger charge is -2.23. The summed E-state index contributed by atoms with van der Waals surface area (Å²) in [6.07, 6.45) is -2.46. The van der Waals surface area contributed by atoms with Crippen LogP contribution in [0, 0.1) is 10.1 Å². The number of benzene rings is 2. The number of rotatable bonds is 13. The molecule has 0 fully saturated rings. The molecule has 0 saturated heterocycles. The average molecular weight is 450 g/mol. The van der Waals surface area contributed by atoms with Gasteiger partial charge < -0.3 is 34.5 Å². The quantitative estimate of drug-likeness (QED) is 0.180. The summed E-state index contributed by atoms with van der Waals surface area (Å²) in [7, 11) is 1.53. The van der Waals surface area contributed by atoms with Crippen LogP contribution >= 0.6 is 0 Å². The first-order chi connectivity index (χ1) is 15.5. The zero-order chi connectivity index (χ0) is 23.3. The lowest BCUT2D eigenvalue weighted by molar-refractivity contribution is -0.385. The van der Waals surface area contributed by atoms with Crippen LogP contribution < -0.4 is 10.1 Å². The van der Waals surface area contributed by atoms with Crippen molar-refractivity contribution in [3.8, 4) is 5.75 Å². The van der Waals surface area contributed by atoms with E-state index < -0.39 is 29.8 Å². The molecule has 0 aliphatic carbocycles. The number of ether oxygens (including phenoxy) is 4. The molecule has 0 aliphatic rings. The fourth-order valence-corrected chi connectivity index (χ4v) is 2.73. The summed E-state index contributed by atoms with van der Waals surface area (Å²) in [5, 5.41) is 33.6. The smallest absolute Gasteiger partial charge is 0.408 e. The van der Waals surface area contributed by atoms with Crippen molar-refractivity contribution in [1.82, 2.24) is 5.32 Å². The Balaban J connectivity index is 2.16. The topological polar surface area (TPSA) is 150 Å². The van der Waals surface area contributed by atoms with Crippen LogP contribution in [0.25, 0.3) is 0 Å². The van der Waals surface area contributed by atoms with Gasteiger partial charge in [-0.25, -0.2) is 4.79 Å². The van der Waals surface area contributed by atoms with Gasteiger partial charge in [-0.1, -0.05) is 30.3 Å². The lowest BCUT2D eigenvalue weighted by atomic mass is 9.99. The summed E-state index contributed by atoms with van der Waals surface area (Å²) in [6, 6.07) is 11.4. The van der Waals surface area contributed by atoms with Crippen LogP contribution in [-0.2, 0) is 20.8 Å². The number of carbonyl (C=O) groups excluding carboxylic acids is 1. The number of amides is 1. The van der Waals surface area contributed by atoms with E-state index >= 15 is 0 Å². The average Bonchev–Trinajstić information content (AvgIpc) is 2.81. The van der Waals surface area contributed by atoms with Crippen molar-refractivity contribution in [2.45, 2.75) is 18.8 Å². The second kappa shape index (κ2) is 13.2. The molecule has 11 heteroatoms. The molecule has 2 atom stereocenters. The Morgan fingerprint density at radius 2 is 1.94 bits per heavy atom. The van der Waals surface area contributed by atoms with Crippen LogP contribution in [-0.4, -0.2) is 61.1 Å². The third-order valence-corrected chi connectivity index (χ3v) is 4.33. The molecular formula is C21H26N2O9. The zero-order valence-electron chi connectivity index (χ0n) is 17.5. The van der Waals surface area contributed by atoms with Gasteiger partial charge in [0, 0.05) is 13.2 Å². The SMILES string of the molecule is COCCOCOc1ccc([N+](=O)[O-])c([C@H](NC(=O)OCc2ccccc2)[C@@H](O)CO)c1. The van der Waals surface area contributed by atoms with Crippen molar-refractivity contribution in [3.05, 3.63) is 69.8 Å². The summed E-state index contributed by atoms with van der Waals surface area (Å²) >= 11 is 0. The summed E-state index contributed by atoms with van der Waals surface area (Å²) in [4.78, 5) is 23.2. The van der Waals surface area contributed by atoms with Gasteiger partial charge in [0.2, 0.25) is 0 Å². The molecule has 2 aromatic rings. The third kappa shape index (κ3) is 7.78. The minimum Gasteiger partial charge on any atom is -0.468 e. The molecule has 174 valence electrons. The number of methoxy groups -OCH3 is 1. The van der Waals surface area contributed by atoms with Gasteiger partial charge >= 0.3 is 6.09 Å². The number of nitrogens with zero attached hydrogens (tertiary/aromatic N) is 1. The van der Waals surface area contributed by atoms with E-state index in [9.17, 15) is 25.1 Å². The number of nitro groups is 1. The number of aliphatic hydroxyl groups excluding tert-OH is 2. The number of aliphatic hydroxyl groups is 2. The molecule has 2 aromatic carbocycles. The maximum atomic E-state index is 12.3. The fourth-order valence-electron chi connectivity index (χ4n) is 2.73. The third-order valence-electron chi connectivity index (χ3n) is 4.33. The molecule has 0 radical (unpaired) electrons. The Morgan fingerprint density at radius 3 is 2.59 bits per heavy atom. The first kappa shape index (κ1) is 25.0. The second-order valence-corrected chi connectivity index (χ2v) is 6.57. The highest BCUT2D eigenvalue weighted by atomic mass is 16.7. The highest BCUT2D eigenvalue weighted by molar-refractivity contribution is 5.68. The van der Waals surface area contributed by atoms with E-state index in [1.54, 1.807) is 24.3 Å². The van der Waals surface area contributed by atoms with Gasteiger partial charge in [-0.2, -0.15) is 0 Å². The largest absolute Gasteiger partial charge is 0.468 e. The maximum absolute atomic E-state index is 12.3. The number of nitrogens with one attached hydrogen (secondary N) is 1. The minimum atomic E-state index is -1.54. The standard InChI is InChI=1S/C21H26N2O9/c1-29-9-10-30-14-32-16-7-8-18(23(27)28)17(11-16)20(19(25)12-24)22-21(26)31-13-15-5-3-2-4-6-15/h2-8,11,19-20,24-25H,9-10,12-14H2,1H3,(H,22,26)/t19-,20-/m0/s1. The molecule has 0 spiro atoms.